The lowest BCUT2D eigenvalue weighted by atomic mass is 9.96. The largest absolute Gasteiger partial charge is 0.461 e. The van der Waals surface area contributed by atoms with Gasteiger partial charge >= 0.3 is 5.97 Å². The molecule has 0 amide bonds. The van der Waals surface area contributed by atoms with E-state index < -0.39 is 11.0 Å². The number of aryl methyl sites for hydroxylation is 2. The zero-order valence-corrected chi connectivity index (χ0v) is 22.0. The zero-order chi connectivity index (χ0) is 25.3. The molecule has 2 aliphatic heterocycles. The number of ether oxygens (including phenoxy) is 1. The van der Waals surface area contributed by atoms with Crippen LogP contribution in [0.1, 0.15) is 36.5 Å². The number of rotatable bonds is 5. The number of thioether (sulfide) groups is 1. The van der Waals surface area contributed by atoms with Crippen LogP contribution in [0.15, 0.2) is 83.0 Å². The highest BCUT2D eigenvalue weighted by molar-refractivity contribution is 8.17. The monoisotopic (exact) mass is 518 g/mol. The fraction of sp³-hybridized carbons (Fsp3) is 0.250. The average molecular weight is 519 g/mol. The van der Waals surface area contributed by atoms with Gasteiger partial charge in [-0.05, 0) is 80.9 Å². The Labute approximate surface area is 220 Å². The van der Waals surface area contributed by atoms with Crippen molar-refractivity contribution in [2.45, 2.75) is 38.6 Å². The highest BCUT2D eigenvalue weighted by Gasteiger charge is 2.53. The lowest BCUT2D eigenvalue weighted by Gasteiger charge is -2.46. The van der Waals surface area contributed by atoms with Gasteiger partial charge in [0.25, 0.3) is 0 Å². The minimum atomic E-state index is -0.810. The molecule has 0 aliphatic carbocycles. The Balaban J connectivity index is 1.68. The summed E-state index contributed by atoms with van der Waals surface area (Å²) in [4.78, 5) is 12.0. The number of carbonyl (C=O) groups excluding carboxylic acids is 1. The van der Waals surface area contributed by atoms with E-state index in [0.717, 1.165) is 22.6 Å². The van der Waals surface area contributed by atoms with Crippen LogP contribution < -0.4 is 10.0 Å². The van der Waals surface area contributed by atoms with Crippen LogP contribution in [0.4, 0.5) is 11.4 Å². The molecule has 36 heavy (non-hydrogen) atoms. The number of esters is 1. The van der Waals surface area contributed by atoms with E-state index in [2.05, 4.69) is 32.0 Å². The second-order valence-electron chi connectivity index (χ2n) is 8.77. The Morgan fingerprint density at radius 2 is 1.75 bits per heavy atom. The molecule has 0 saturated carbocycles. The van der Waals surface area contributed by atoms with Gasteiger partial charge in [0.15, 0.2) is 0 Å². The topological polar surface area (TPSA) is 57.5 Å². The molecule has 0 unspecified atom stereocenters. The lowest BCUT2D eigenvalue weighted by molar-refractivity contribution is -0.134. The van der Waals surface area contributed by atoms with Gasteiger partial charge in [0, 0.05) is 17.0 Å². The van der Waals surface area contributed by atoms with Crippen LogP contribution in [0.5, 0.6) is 0 Å². The van der Waals surface area contributed by atoms with Crippen molar-refractivity contribution in [2.24, 2.45) is 10.2 Å². The highest BCUT2D eigenvalue weighted by atomic mass is 35.5. The van der Waals surface area contributed by atoms with E-state index in [0.29, 0.717) is 22.9 Å². The molecule has 0 bridgehead atoms. The summed E-state index contributed by atoms with van der Waals surface area (Å²) in [5.41, 5.74) is 6.18. The van der Waals surface area contributed by atoms with Crippen molar-refractivity contribution >= 4 is 51.5 Å². The summed E-state index contributed by atoms with van der Waals surface area (Å²) in [5, 5.41) is 14.7. The Morgan fingerprint density at radius 1 is 1.00 bits per heavy atom. The van der Waals surface area contributed by atoms with E-state index in [1.54, 1.807) is 6.92 Å². The summed E-state index contributed by atoms with van der Waals surface area (Å²) >= 11 is 7.75. The molecule has 0 aromatic heterocycles. The first-order valence-corrected chi connectivity index (χ1v) is 13.1. The van der Waals surface area contributed by atoms with Gasteiger partial charge in [0.2, 0.25) is 10.0 Å². The van der Waals surface area contributed by atoms with Gasteiger partial charge in [-0.25, -0.2) is 14.8 Å². The first kappa shape index (κ1) is 24.4. The van der Waals surface area contributed by atoms with Gasteiger partial charge in [-0.2, -0.15) is 10.2 Å². The van der Waals surface area contributed by atoms with Crippen molar-refractivity contribution in [3.05, 3.63) is 94.5 Å². The minimum absolute atomic E-state index is 0.278. The maximum absolute atomic E-state index is 12.8. The number of nitrogens with zero attached hydrogens (tertiary/aromatic N) is 4. The average Bonchev–Trinajstić information content (AvgIpc) is 3.26. The molecular formula is C28H27ClN4O2S. The summed E-state index contributed by atoms with van der Waals surface area (Å²) in [6, 6.07) is 23.9. The quantitative estimate of drug-likeness (QED) is 0.350. The predicted octanol–water partition coefficient (Wildman–Crippen LogP) is 6.75. The van der Waals surface area contributed by atoms with E-state index in [9.17, 15) is 4.79 Å². The lowest BCUT2D eigenvalue weighted by Crippen LogP contribution is -2.56. The first-order chi connectivity index (χ1) is 17.4. The van der Waals surface area contributed by atoms with E-state index in [1.807, 2.05) is 64.6 Å². The summed E-state index contributed by atoms with van der Waals surface area (Å²) < 4.78 is 5.33. The highest BCUT2D eigenvalue weighted by Crippen LogP contribution is 2.50. The molecule has 2 aliphatic rings. The molecule has 0 radical (unpaired) electrons. The van der Waals surface area contributed by atoms with Crippen LogP contribution in [0.25, 0.3) is 0 Å². The second-order valence-corrected chi connectivity index (χ2v) is 10.5. The fourth-order valence-electron chi connectivity index (χ4n) is 4.52. The molecular weight excluding hydrogens is 492 g/mol. The van der Waals surface area contributed by atoms with Crippen LogP contribution in [0, 0.1) is 13.8 Å². The standard InChI is InChI=1S/C28H27ClN4O2S/c1-4-35-27(34)26-31-33(23-12-8-9-21(29)18-23)28(36-26)16-15-25(24-17-19(2)13-14-20(24)3)30-32(28)22-10-6-5-7-11-22/h5-14,17-18H,4,15-16H2,1-3H3/t28-/m0/s1. The molecule has 1 spiro atoms. The summed E-state index contributed by atoms with van der Waals surface area (Å²) in [6.07, 6.45) is 1.38. The van der Waals surface area contributed by atoms with Crippen LogP contribution >= 0.6 is 23.4 Å². The van der Waals surface area contributed by atoms with E-state index in [4.69, 9.17) is 26.5 Å². The van der Waals surface area contributed by atoms with E-state index in [-0.39, 0.29) is 6.61 Å². The third-order valence-electron chi connectivity index (χ3n) is 6.23. The number of hydrazone groups is 2. The number of hydrogen-bond acceptors (Lipinski definition) is 7. The number of para-hydroxylation sites is 1. The molecule has 5 rings (SSSR count). The van der Waals surface area contributed by atoms with Crippen molar-refractivity contribution in [3.8, 4) is 0 Å². The van der Waals surface area contributed by atoms with Gasteiger partial charge < -0.3 is 4.74 Å². The van der Waals surface area contributed by atoms with Crippen LogP contribution in [0.2, 0.25) is 5.02 Å². The molecule has 0 fully saturated rings. The molecule has 8 heteroatoms. The minimum Gasteiger partial charge on any atom is -0.461 e. The van der Waals surface area contributed by atoms with Gasteiger partial charge in [-0.15, -0.1) is 0 Å². The van der Waals surface area contributed by atoms with Crippen LogP contribution in [-0.4, -0.2) is 28.3 Å². The number of halogens is 1. The maximum Gasteiger partial charge on any atom is 0.365 e. The third kappa shape index (κ3) is 4.49. The maximum atomic E-state index is 12.8. The molecule has 1 atom stereocenters. The van der Waals surface area contributed by atoms with Gasteiger partial charge in [0.1, 0.15) is 0 Å². The summed E-state index contributed by atoms with van der Waals surface area (Å²) in [6.45, 7) is 6.27. The van der Waals surface area contributed by atoms with Crippen molar-refractivity contribution in [2.75, 3.05) is 16.6 Å². The fourth-order valence-corrected chi connectivity index (χ4v) is 5.95. The molecule has 3 aromatic carbocycles. The van der Waals surface area contributed by atoms with E-state index in [1.165, 1.54) is 22.9 Å². The number of anilines is 2. The first-order valence-electron chi connectivity index (χ1n) is 11.9. The van der Waals surface area contributed by atoms with Crippen LogP contribution in [0.3, 0.4) is 0 Å². The van der Waals surface area contributed by atoms with Crippen molar-refractivity contribution in [3.63, 3.8) is 0 Å². The van der Waals surface area contributed by atoms with Gasteiger partial charge in [-0.1, -0.05) is 53.6 Å². The molecule has 0 saturated heterocycles. The number of benzene rings is 3. The normalized spacial score (nSPS) is 19.3. The van der Waals surface area contributed by atoms with Gasteiger partial charge in [0.05, 0.1) is 23.7 Å². The van der Waals surface area contributed by atoms with Crippen molar-refractivity contribution in [1.29, 1.82) is 0 Å². The van der Waals surface area contributed by atoms with Gasteiger partial charge in [-0.3, -0.25) is 0 Å². The Morgan fingerprint density at radius 3 is 2.50 bits per heavy atom. The zero-order valence-electron chi connectivity index (χ0n) is 20.4. The molecule has 6 nitrogen and oxygen atoms in total. The number of hydrogen-bond donors (Lipinski definition) is 0. The Bertz CT molecular complexity index is 1360. The van der Waals surface area contributed by atoms with E-state index >= 15 is 0 Å². The van der Waals surface area contributed by atoms with Crippen LogP contribution in [-0.2, 0) is 9.53 Å². The number of carbonyl (C=O) groups is 1. The smallest absolute Gasteiger partial charge is 0.365 e. The second kappa shape index (κ2) is 9.99. The summed E-state index contributed by atoms with van der Waals surface area (Å²) in [5.74, 6) is -0.441. The summed E-state index contributed by atoms with van der Waals surface area (Å²) in [7, 11) is 0. The predicted molar refractivity (Wildman–Crippen MR) is 149 cm³/mol. The third-order valence-corrected chi connectivity index (χ3v) is 7.78. The molecule has 3 aromatic rings. The Hall–Kier alpha value is -3.29. The van der Waals surface area contributed by atoms with Crippen molar-refractivity contribution < 1.29 is 9.53 Å². The van der Waals surface area contributed by atoms with Crippen molar-refractivity contribution in [1.82, 2.24) is 0 Å². The SMILES string of the molecule is CCOC(=O)C1=NN(c2cccc(Cl)c2)[C@@]2(CCC(c3cc(C)ccc3C)=NN2c2ccccc2)S1. The Kier molecular flexibility index (Phi) is 6.77. The molecule has 0 N–H and O–H groups in total. The molecule has 2 heterocycles. The molecule has 184 valence electrons.